The van der Waals surface area contributed by atoms with Gasteiger partial charge in [-0.3, -0.25) is 9.48 Å². The number of carbonyl (C=O) groups excluding carboxylic acids is 1. The predicted octanol–water partition coefficient (Wildman–Crippen LogP) is 1.98. The summed E-state index contributed by atoms with van der Waals surface area (Å²) >= 11 is 0. The van der Waals surface area contributed by atoms with Crippen LogP contribution in [0.5, 0.6) is 0 Å². The second-order valence-electron chi connectivity index (χ2n) is 6.33. The average Bonchev–Trinajstić information content (AvgIpc) is 3.19. The molecule has 25 heavy (non-hydrogen) atoms. The number of nitrogens with zero attached hydrogens (tertiary/aromatic N) is 3. The average molecular weight is 365 g/mol. The molecule has 8 heteroatoms. The van der Waals surface area contributed by atoms with Gasteiger partial charge in [0.25, 0.3) is 5.91 Å². The molecule has 1 aliphatic heterocycles. The molecule has 1 saturated heterocycles. The topological polar surface area (TPSA) is 85.4 Å². The van der Waals surface area contributed by atoms with Crippen molar-refractivity contribution in [3.63, 3.8) is 0 Å². The molecule has 3 rings (SSSR count). The first kappa shape index (κ1) is 17.7. The van der Waals surface area contributed by atoms with Crippen molar-refractivity contribution < 1.29 is 17.6 Å². The molecule has 1 fully saturated rings. The standard InChI is InChI=1S/C17H23N3O4S/c1-4-15-12(3)8-16(24-15)17(21)20-6-7-25(22,23)11-14(20)13-9-18-19(5-2)10-13/h8-10,14H,4-7,11H2,1-3H3/t14-/m1/s1. The lowest BCUT2D eigenvalue weighted by Gasteiger charge is -2.34. The first-order chi connectivity index (χ1) is 11.8. The number of hydrogen-bond acceptors (Lipinski definition) is 5. The van der Waals surface area contributed by atoms with E-state index in [0.717, 1.165) is 16.9 Å². The third-order valence-electron chi connectivity index (χ3n) is 4.61. The van der Waals surface area contributed by atoms with Gasteiger partial charge in [-0.05, 0) is 25.5 Å². The minimum absolute atomic E-state index is 0.0303. The van der Waals surface area contributed by atoms with E-state index in [1.165, 1.54) is 0 Å². The molecule has 0 bridgehead atoms. The van der Waals surface area contributed by atoms with Crippen LogP contribution >= 0.6 is 0 Å². The number of sulfone groups is 1. The molecular formula is C17H23N3O4S. The van der Waals surface area contributed by atoms with E-state index in [1.54, 1.807) is 28.0 Å². The number of hydrogen-bond donors (Lipinski definition) is 0. The molecule has 3 heterocycles. The molecule has 0 N–H and O–H groups in total. The van der Waals surface area contributed by atoms with Gasteiger partial charge in [-0.15, -0.1) is 0 Å². The Bertz CT molecular complexity index is 882. The third-order valence-corrected chi connectivity index (χ3v) is 6.23. The minimum Gasteiger partial charge on any atom is -0.456 e. The summed E-state index contributed by atoms with van der Waals surface area (Å²) < 4.78 is 31.7. The first-order valence-corrected chi connectivity index (χ1v) is 10.3. The maximum absolute atomic E-state index is 13.0. The molecule has 0 aliphatic carbocycles. The van der Waals surface area contributed by atoms with Gasteiger partial charge in [-0.1, -0.05) is 6.92 Å². The summed E-state index contributed by atoms with van der Waals surface area (Å²) in [7, 11) is -3.20. The van der Waals surface area contributed by atoms with E-state index in [2.05, 4.69) is 5.10 Å². The van der Waals surface area contributed by atoms with E-state index in [-0.39, 0.29) is 29.7 Å². The zero-order valence-electron chi connectivity index (χ0n) is 14.7. The maximum atomic E-state index is 13.0. The molecule has 1 atom stereocenters. The van der Waals surface area contributed by atoms with Crippen LogP contribution in [0.1, 0.15) is 47.3 Å². The van der Waals surface area contributed by atoms with Crippen molar-refractivity contribution in [1.29, 1.82) is 0 Å². The highest BCUT2D eigenvalue weighted by Gasteiger charge is 2.37. The first-order valence-electron chi connectivity index (χ1n) is 8.47. The monoisotopic (exact) mass is 365 g/mol. The number of aromatic nitrogens is 2. The number of aryl methyl sites for hydroxylation is 3. The van der Waals surface area contributed by atoms with E-state index >= 15 is 0 Å². The lowest BCUT2D eigenvalue weighted by Crippen LogP contribution is -2.46. The van der Waals surface area contributed by atoms with Gasteiger partial charge >= 0.3 is 0 Å². The molecule has 2 aromatic heterocycles. The molecule has 0 spiro atoms. The van der Waals surface area contributed by atoms with Gasteiger partial charge in [0, 0.05) is 31.3 Å². The van der Waals surface area contributed by atoms with E-state index in [9.17, 15) is 13.2 Å². The van der Waals surface area contributed by atoms with E-state index < -0.39 is 15.9 Å². The summed E-state index contributed by atoms with van der Waals surface area (Å²) in [5, 5.41) is 4.22. The van der Waals surface area contributed by atoms with Gasteiger partial charge in [-0.2, -0.15) is 5.10 Å². The SMILES string of the molecule is CCc1oc(C(=O)N2CCS(=O)(=O)C[C@@H]2c2cnn(CC)c2)cc1C. The fourth-order valence-electron chi connectivity index (χ4n) is 3.17. The van der Waals surface area contributed by atoms with E-state index in [0.29, 0.717) is 13.0 Å². The summed E-state index contributed by atoms with van der Waals surface area (Å²) in [6.07, 6.45) is 4.15. The van der Waals surface area contributed by atoms with Gasteiger partial charge in [0.05, 0.1) is 23.7 Å². The maximum Gasteiger partial charge on any atom is 0.290 e. The fourth-order valence-corrected chi connectivity index (χ4v) is 4.66. The number of amides is 1. The van der Waals surface area contributed by atoms with Crippen LogP contribution in [0.15, 0.2) is 22.9 Å². The molecule has 1 aliphatic rings. The molecule has 0 aromatic carbocycles. The Balaban J connectivity index is 1.94. The van der Waals surface area contributed by atoms with Crippen LogP contribution in [-0.2, 0) is 22.8 Å². The molecule has 0 saturated carbocycles. The molecular weight excluding hydrogens is 342 g/mol. The molecule has 2 aromatic rings. The van der Waals surface area contributed by atoms with Crippen LogP contribution in [0.2, 0.25) is 0 Å². The number of furan rings is 1. The van der Waals surface area contributed by atoms with Crippen LogP contribution < -0.4 is 0 Å². The Morgan fingerprint density at radius 2 is 2.16 bits per heavy atom. The normalized spacial score (nSPS) is 20.0. The highest BCUT2D eigenvalue weighted by atomic mass is 32.2. The van der Waals surface area contributed by atoms with Crippen molar-refractivity contribution >= 4 is 15.7 Å². The Hall–Kier alpha value is -2.09. The highest BCUT2D eigenvalue weighted by molar-refractivity contribution is 7.91. The summed E-state index contributed by atoms with van der Waals surface area (Å²) in [5.41, 5.74) is 1.67. The Kier molecular flexibility index (Phi) is 4.73. The fraction of sp³-hybridized carbons (Fsp3) is 0.529. The van der Waals surface area contributed by atoms with Crippen LogP contribution in [0.4, 0.5) is 0 Å². The molecule has 136 valence electrons. The van der Waals surface area contributed by atoms with Crippen molar-refractivity contribution in [1.82, 2.24) is 14.7 Å². The van der Waals surface area contributed by atoms with Gasteiger partial charge in [0.2, 0.25) is 0 Å². The summed E-state index contributed by atoms with van der Waals surface area (Å²) in [5.74, 6) is 0.656. The highest BCUT2D eigenvalue weighted by Crippen LogP contribution is 2.29. The molecule has 1 amide bonds. The Morgan fingerprint density at radius 1 is 1.40 bits per heavy atom. The number of rotatable bonds is 4. The lowest BCUT2D eigenvalue weighted by molar-refractivity contribution is 0.0663. The van der Waals surface area contributed by atoms with Crippen molar-refractivity contribution in [3.8, 4) is 0 Å². The zero-order chi connectivity index (χ0) is 18.2. The molecule has 0 unspecified atom stereocenters. The second kappa shape index (κ2) is 6.67. The van der Waals surface area contributed by atoms with Crippen molar-refractivity contribution in [2.75, 3.05) is 18.1 Å². The zero-order valence-corrected chi connectivity index (χ0v) is 15.5. The summed E-state index contributed by atoms with van der Waals surface area (Å²) in [6.45, 7) is 6.67. The van der Waals surface area contributed by atoms with Crippen LogP contribution in [0.3, 0.4) is 0 Å². The number of carbonyl (C=O) groups is 1. The minimum atomic E-state index is -3.20. The van der Waals surface area contributed by atoms with Gasteiger partial charge in [-0.25, -0.2) is 8.42 Å². The van der Waals surface area contributed by atoms with Gasteiger partial charge < -0.3 is 9.32 Å². The lowest BCUT2D eigenvalue weighted by atomic mass is 10.1. The summed E-state index contributed by atoms with van der Waals surface area (Å²) in [6, 6.07) is 1.19. The van der Waals surface area contributed by atoms with Crippen LogP contribution in [0.25, 0.3) is 0 Å². The van der Waals surface area contributed by atoms with Crippen molar-refractivity contribution in [2.45, 2.75) is 39.8 Å². The Labute approximate surface area is 147 Å². The van der Waals surface area contributed by atoms with Crippen molar-refractivity contribution in [3.05, 3.63) is 41.1 Å². The van der Waals surface area contributed by atoms with Gasteiger partial charge in [0.15, 0.2) is 15.6 Å². The molecule has 7 nitrogen and oxygen atoms in total. The predicted molar refractivity (Wildman–Crippen MR) is 93.2 cm³/mol. The van der Waals surface area contributed by atoms with Crippen molar-refractivity contribution in [2.24, 2.45) is 0 Å². The van der Waals surface area contributed by atoms with Crippen LogP contribution in [-0.4, -0.2) is 47.1 Å². The summed E-state index contributed by atoms with van der Waals surface area (Å²) in [4.78, 5) is 14.6. The largest absolute Gasteiger partial charge is 0.456 e. The van der Waals surface area contributed by atoms with Gasteiger partial charge in [0.1, 0.15) is 5.76 Å². The smallest absolute Gasteiger partial charge is 0.290 e. The van der Waals surface area contributed by atoms with Crippen LogP contribution in [0, 0.1) is 6.92 Å². The Morgan fingerprint density at radius 3 is 2.76 bits per heavy atom. The second-order valence-corrected chi connectivity index (χ2v) is 8.56. The van der Waals surface area contributed by atoms with E-state index in [4.69, 9.17) is 4.42 Å². The van der Waals surface area contributed by atoms with E-state index in [1.807, 2.05) is 20.8 Å². The third kappa shape index (κ3) is 3.49. The quantitative estimate of drug-likeness (QED) is 0.827. The molecule has 0 radical (unpaired) electrons.